The highest BCUT2D eigenvalue weighted by Crippen LogP contribution is 2.35. The predicted molar refractivity (Wildman–Crippen MR) is 102 cm³/mol. The zero-order chi connectivity index (χ0) is 17.1. The van der Waals surface area contributed by atoms with Crippen molar-refractivity contribution in [3.63, 3.8) is 0 Å². The van der Waals surface area contributed by atoms with Gasteiger partial charge in [-0.1, -0.05) is 89.3 Å². The third kappa shape index (κ3) is 7.42. The van der Waals surface area contributed by atoms with Crippen molar-refractivity contribution in [2.75, 3.05) is 0 Å². The van der Waals surface area contributed by atoms with E-state index in [1.54, 1.807) is 0 Å². The Bertz CT molecular complexity index is 436. The summed E-state index contributed by atoms with van der Waals surface area (Å²) >= 11 is 0. The Kier molecular flexibility index (Phi) is 10.1. The SMILES string of the molecule is CCCCCCCCCCCC(CC)c1cc(C)cc(C)c1O. The second-order valence-corrected chi connectivity index (χ2v) is 7.24. The first kappa shape index (κ1) is 20.1. The molecule has 0 spiro atoms. The summed E-state index contributed by atoms with van der Waals surface area (Å²) in [7, 11) is 0. The molecule has 23 heavy (non-hydrogen) atoms. The molecule has 1 unspecified atom stereocenters. The number of aromatic hydroxyl groups is 1. The molecule has 1 aromatic carbocycles. The zero-order valence-corrected chi connectivity index (χ0v) is 16.0. The standard InChI is InChI=1S/C22H38O/c1-5-7-8-9-10-11-12-13-14-15-20(6-2)21-17-18(3)16-19(4)22(21)23/h16-17,20,23H,5-15H2,1-4H3. The van der Waals surface area contributed by atoms with E-state index in [1.807, 2.05) is 6.92 Å². The van der Waals surface area contributed by atoms with Crippen LogP contribution in [0.4, 0.5) is 0 Å². The number of rotatable bonds is 12. The summed E-state index contributed by atoms with van der Waals surface area (Å²) in [6, 6.07) is 4.26. The van der Waals surface area contributed by atoms with Crippen molar-refractivity contribution in [2.24, 2.45) is 0 Å². The fraction of sp³-hybridized carbons (Fsp3) is 0.727. The molecule has 1 N–H and O–H groups in total. The minimum Gasteiger partial charge on any atom is -0.507 e. The number of hydrogen-bond acceptors (Lipinski definition) is 1. The molecule has 0 saturated heterocycles. The van der Waals surface area contributed by atoms with Crippen LogP contribution in [0.25, 0.3) is 0 Å². The maximum atomic E-state index is 10.4. The maximum Gasteiger partial charge on any atom is 0.121 e. The molecule has 0 amide bonds. The second-order valence-electron chi connectivity index (χ2n) is 7.24. The fourth-order valence-electron chi connectivity index (χ4n) is 3.58. The summed E-state index contributed by atoms with van der Waals surface area (Å²) in [6.07, 6.45) is 14.7. The molecule has 0 aromatic heterocycles. The van der Waals surface area contributed by atoms with Crippen molar-refractivity contribution >= 4 is 0 Å². The number of aryl methyl sites for hydroxylation is 2. The number of phenols is 1. The molecule has 1 atom stereocenters. The summed E-state index contributed by atoms with van der Waals surface area (Å²) in [6.45, 7) is 8.66. The number of hydrogen-bond donors (Lipinski definition) is 1. The van der Waals surface area contributed by atoms with Gasteiger partial charge in [0.1, 0.15) is 5.75 Å². The van der Waals surface area contributed by atoms with Crippen LogP contribution in [0.5, 0.6) is 5.75 Å². The fourth-order valence-corrected chi connectivity index (χ4v) is 3.58. The first-order chi connectivity index (χ1) is 11.1. The van der Waals surface area contributed by atoms with Crippen LogP contribution in [-0.4, -0.2) is 5.11 Å². The van der Waals surface area contributed by atoms with Crippen LogP contribution < -0.4 is 0 Å². The highest BCUT2D eigenvalue weighted by atomic mass is 16.3. The van der Waals surface area contributed by atoms with E-state index >= 15 is 0 Å². The molecule has 1 nitrogen and oxygen atoms in total. The van der Waals surface area contributed by atoms with Crippen LogP contribution >= 0.6 is 0 Å². The molecule has 132 valence electrons. The van der Waals surface area contributed by atoms with Crippen LogP contribution in [0.15, 0.2) is 12.1 Å². The summed E-state index contributed by atoms with van der Waals surface area (Å²) in [4.78, 5) is 0. The second kappa shape index (κ2) is 11.5. The van der Waals surface area contributed by atoms with Crippen molar-refractivity contribution in [2.45, 2.75) is 104 Å². The predicted octanol–water partition coefficient (Wildman–Crippen LogP) is 7.42. The average molecular weight is 319 g/mol. The van der Waals surface area contributed by atoms with Crippen LogP contribution in [0.2, 0.25) is 0 Å². The first-order valence-electron chi connectivity index (χ1n) is 9.90. The Labute approximate surface area is 144 Å². The molecule has 0 aliphatic heterocycles. The van der Waals surface area contributed by atoms with E-state index < -0.39 is 0 Å². The topological polar surface area (TPSA) is 20.2 Å². The quantitative estimate of drug-likeness (QED) is 0.397. The van der Waals surface area contributed by atoms with Crippen molar-refractivity contribution in [3.8, 4) is 5.75 Å². The van der Waals surface area contributed by atoms with E-state index in [0.717, 1.165) is 12.0 Å². The van der Waals surface area contributed by atoms with E-state index in [0.29, 0.717) is 11.7 Å². The van der Waals surface area contributed by atoms with Crippen LogP contribution in [-0.2, 0) is 0 Å². The van der Waals surface area contributed by atoms with Gasteiger partial charge in [-0.3, -0.25) is 0 Å². The molecule has 0 heterocycles. The van der Waals surface area contributed by atoms with Gasteiger partial charge in [0.2, 0.25) is 0 Å². The van der Waals surface area contributed by atoms with Crippen LogP contribution in [0, 0.1) is 13.8 Å². The minimum absolute atomic E-state index is 0.512. The summed E-state index contributed by atoms with van der Waals surface area (Å²) in [5, 5.41) is 10.4. The summed E-state index contributed by atoms with van der Waals surface area (Å²) in [5.41, 5.74) is 3.45. The molecular formula is C22H38O. The van der Waals surface area contributed by atoms with Crippen molar-refractivity contribution in [3.05, 3.63) is 28.8 Å². The van der Waals surface area contributed by atoms with Gasteiger partial charge in [0.05, 0.1) is 0 Å². The molecule has 0 saturated carbocycles. The Morgan fingerprint density at radius 3 is 1.96 bits per heavy atom. The van der Waals surface area contributed by atoms with Crippen LogP contribution in [0.1, 0.15) is 107 Å². The molecule has 0 aliphatic carbocycles. The van der Waals surface area contributed by atoms with Gasteiger partial charge >= 0.3 is 0 Å². The van der Waals surface area contributed by atoms with Crippen LogP contribution in [0.3, 0.4) is 0 Å². The van der Waals surface area contributed by atoms with Gasteiger partial charge in [0, 0.05) is 0 Å². The molecule has 0 fully saturated rings. The largest absolute Gasteiger partial charge is 0.507 e. The molecule has 0 aliphatic rings. The Hall–Kier alpha value is -0.980. The Morgan fingerprint density at radius 2 is 1.39 bits per heavy atom. The van der Waals surface area contributed by atoms with E-state index in [-0.39, 0.29) is 0 Å². The van der Waals surface area contributed by atoms with Gasteiger partial charge in [-0.2, -0.15) is 0 Å². The Morgan fingerprint density at radius 1 is 0.826 bits per heavy atom. The highest BCUT2D eigenvalue weighted by Gasteiger charge is 2.15. The van der Waals surface area contributed by atoms with Crippen molar-refractivity contribution in [1.82, 2.24) is 0 Å². The number of phenolic OH excluding ortho intramolecular Hbond substituents is 1. The van der Waals surface area contributed by atoms with E-state index in [1.165, 1.54) is 75.3 Å². The maximum absolute atomic E-state index is 10.4. The number of unbranched alkanes of at least 4 members (excludes halogenated alkanes) is 8. The van der Waals surface area contributed by atoms with E-state index in [4.69, 9.17) is 0 Å². The van der Waals surface area contributed by atoms with Gasteiger partial charge in [-0.05, 0) is 43.7 Å². The minimum atomic E-state index is 0.512. The first-order valence-corrected chi connectivity index (χ1v) is 9.90. The van der Waals surface area contributed by atoms with Gasteiger partial charge < -0.3 is 5.11 Å². The van der Waals surface area contributed by atoms with E-state index in [2.05, 4.69) is 32.9 Å². The van der Waals surface area contributed by atoms with Gasteiger partial charge in [-0.25, -0.2) is 0 Å². The normalized spacial score (nSPS) is 12.5. The highest BCUT2D eigenvalue weighted by molar-refractivity contribution is 5.44. The van der Waals surface area contributed by atoms with Gasteiger partial charge in [0.25, 0.3) is 0 Å². The smallest absolute Gasteiger partial charge is 0.121 e. The summed E-state index contributed by atoms with van der Waals surface area (Å²) < 4.78 is 0. The lowest BCUT2D eigenvalue weighted by Gasteiger charge is -2.19. The van der Waals surface area contributed by atoms with Crippen molar-refractivity contribution < 1.29 is 5.11 Å². The lowest BCUT2D eigenvalue weighted by molar-refractivity contribution is 0.445. The molecule has 0 bridgehead atoms. The summed E-state index contributed by atoms with van der Waals surface area (Å²) in [5.74, 6) is 1.04. The zero-order valence-electron chi connectivity index (χ0n) is 16.0. The third-order valence-corrected chi connectivity index (χ3v) is 5.06. The number of benzene rings is 1. The van der Waals surface area contributed by atoms with Gasteiger partial charge in [-0.15, -0.1) is 0 Å². The van der Waals surface area contributed by atoms with Crippen molar-refractivity contribution in [1.29, 1.82) is 0 Å². The van der Waals surface area contributed by atoms with Gasteiger partial charge in [0.15, 0.2) is 0 Å². The molecular weight excluding hydrogens is 280 g/mol. The average Bonchev–Trinajstić information content (AvgIpc) is 2.53. The lowest BCUT2D eigenvalue weighted by atomic mass is 9.88. The Balaban J connectivity index is 2.30. The molecule has 0 radical (unpaired) electrons. The molecule has 1 rings (SSSR count). The molecule has 1 heteroatoms. The molecule has 1 aromatic rings. The lowest BCUT2D eigenvalue weighted by Crippen LogP contribution is -2.00. The monoisotopic (exact) mass is 318 g/mol. The third-order valence-electron chi connectivity index (χ3n) is 5.06. The van der Waals surface area contributed by atoms with E-state index in [9.17, 15) is 5.11 Å².